The van der Waals surface area contributed by atoms with Gasteiger partial charge in [-0.1, -0.05) is 28.1 Å². The molecule has 4 heteroatoms. The Kier molecular flexibility index (Phi) is 4.07. The molecule has 1 heterocycles. The van der Waals surface area contributed by atoms with Crippen LogP contribution in [0.2, 0.25) is 0 Å². The predicted molar refractivity (Wildman–Crippen MR) is 72.8 cm³/mol. The first kappa shape index (κ1) is 12.5. The highest BCUT2D eigenvalue weighted by atomic mass is 79.9. The van der Waals surface area contributed by atoms with E-state index in [1.54, 1.807) is 0 Å². The third-order valence-electron chi connectivity index (χ3n) is 2.31. The Hall–Kier alpha value is -1.00. The lowest BCUT2D eigenvalue weighted by Gasteiger charge is -1.99. The van der Waals surface area contributed by atoms with Crippen LogP contribution in [0.15, 0.2) is 57.7 Å². The number of halogens is 2. The first-order valence-electron chi connectivity index (χ1n) is 5.08. The minimum absolute atomic E-state index is 0.0978. The van der Waals surface area contributed by atoms with Crippen molar-refractivity contribution in [2.45, 2.75) is 6.54 Å². The molecule has 2 rings (SSSR count). The van der Waals surface area contributed by atoms with E-state index < -0.39 is 0 Å². The van der Waals surface area contributed by atoms with Crippen LogP contribution in [-0.4, -0.2) is 5.78 Å². The molecular formula is C13H10Br2NO+. The van der Waals surface area contributed by atoms with E-state index in [1.165, 1.54) is 0 Å². The van der Waals surface area contributed by atoms with E-state index in [-0.39, 0.29) is 5.78 Å². The third-order valence-corrected chi connectivity index (χ3v) is 3.31. The van der Waals surface area contributed by atoms with Gasteiger partial charge in [-0.15, -0.1) is 0 Å². The summed E-state index contributed by atoms with van der Waals surface area (Å²) in [7, 11) is 0. The number of nitrogens with zero attached hydrogens (tertiary/aromatic N) is 1. The maximum atomic E-state index is 12.0. The topological polar surface area (TPSA) is 20.9 Å². The molecule has 0 aliphatic carbocycles. The van der Waals surface area contributed by atoms with Crippen molar-refractivity contribution < 1.29 is 9.36 Å². The molecule has 0 unspecified atom stereocenters. The van der Waals surface area contributed by atoms with Crippen molar-refractivity contribution in [1.82, 2.24) is 0 Å². The van der Waals surface area contributed by atoms with E-state index >= 15 is 0 Å². The van der Waals surface area contributed by atoms with Crippen molar-refractivity contribution in [2.24, 2.45) is 0 Å². The summed E-state index contributed by atoms with van der Waals surface area (Å²) in [4.78, 5) is 12.0. The molecule has 0 atom stereocenters. The molecule has 0 fully saturated rings. The normalized spacial score (nSPS) is 10.2. The summed E-state index contributed by atoms with van der Waals surface area (Å²) in [5.74, 6) is 0.0978. The van der Waals surface area contributed by atoms with Gasteiger partial charge in [0.2, 0.25) is 12.3 Å². The van der Waals surface area contributed by atoms with E-state index in [4.69, 9.17) is 0 Å². The molecule has 2 nitrogen and oxygen atoms in total. The number of hydrogen-bond acceptors (Lipinski definition) is 1. The van der Waals surface area contributed by atoms with Gasteiger partial charge in [-0.25, -0.2) is 0 Å². The second-order valence-electron chi connectivity index (χ2n) is 3.62. The minimum atomic E-state index is 0.0978. The second kappa shape index (κ2) is 5.56. The summed E-state index contributed by atoms with van der Waals surface area (Å²) in [6.45, 7) is 0.348. The Morgan fingerprint density at radius 2 is 1.76 bits per heavy atom. The molecule has 0 aliphatic heterocycles. The van der Waals surface area contributed by atoms with Gasteiger partial charge in [-0.3, -0.25) is 4.79 Å². The molecular weight excluding hydrogens is 346 g/mol. The van der Waals surface area contributed by atoms with Crippen LogP contribution in [0.3, 0.4) is 0 Å². The molecule has 0 saturated heterocycles. The van der Waals surface area contributed by atoms with E-state index in [1.807, 2.05) is 53.4 Å². The van der Waals surface area contributed by atoms with Crippen LogP contribution in [-0.2, 0) is 6.54 Å². The Balaban J connectivity index is 2.14. The number of aromatic nitrogens is 1. The molecule has 17 heavy (non-hydrogen) atoms. The molecule has 0 saturated carbocycles. The Bertz CT molecular complexity index is 537. The first-order valence-corrected chi connectivity index (χ1v) is 6.67. The zero-order chi connectivity index (χ0) is 12.3. The predicted octanol–water partition coefficient (Wildman–Crippen LogP) is 3.38. The molecule has 2 aromatic rings. The second-order valence-corrected chi connectivity index (χ2v) is 5.46. The van der Waals surface area contributed by atoms with Gasteiger partial charge in [0, 0.05) is 16.1 Å². The van der Waals surface area contributed by atoms with Crippen molar-refractivity contribution in [3.05, 3.63) is 63.3 Å². The van der Waals surface area contributed by atoms with E-state index in [2.05, 4.69) is 31.9 Å². The molecule has 1 aromatic heterocycles. The quantitative estimate of drug-likeness (QED) is 0.610. The molecule has 0 N–H and O–H groups in total. The average molecular weight is 356 g/mol. The number of carbonyl (C=O) groups excluding carboxylic acids is 1. The van der Waals surface area contributed by atoms with Crippen LogP contribution >= 0.6 is 31.9 Å². The summed E-state index contributed by atoms with van der Waals surface area (Å²) < 4.78 is 3.79. The van der Waals surface area contributed by atoms with Gasteiger partial charge in [-0.05, 0) is 34.1 Å². The van der Waals surface area contributed by atoms with Gasteiger partial charge in [0.15, 0.2) is 12.4 Å². The lowest BCUT2D eigenvalue weighted by atomic mass is 10.1. The highest BCUT2D eigenvalue weighted by Crippen LogP contribution is 2.11. The van der Waals surface area contributed by atoms with Crippen molar-refractivity contribution >= 4 is 37.6 Å². The summed E-state index contributed by atoms with van der Waals surface area (Å²) in [6, 6.07) is 11.2. The van der Waals surface area contributed by atoms with Crippen molar-refractivity contribution in [3.63, 3.8) is 0 Å². The Labute approximate surface area is 117 Å². The monoisotopic (exact) mass is 354 g/mol. The number of Topliss-reactive ketones (excluding diaryl/α,β-unsaturated/α-hetero) is 1. The number of hydrogen-bond donors (Lipinski definition) is 0. The fourth-order valence-electron chi connectivity index (χ4n) is 1.48. The van der Waals surface area contributed by atoms with Gasteiger partial charge in [-0.2, -0.15) is 4.57 Å². The van der Waals surface area contributed by atoms with Crippen LogP contribution in [0.5, 0.6) is 0 Å². The van der Waals surface area contributed by atoms with Crippen LogP contribution in [0.4, 0.5) is 0 Å². The van der Waals surface area contributed by atoms with Crippen LogP contribution in [0.1, 0.15) is 10.4 Å². The van der Waals surface area contributed by atoms with Crippen molar-refractivity contribution in [2.75, 3.05) is 0 Å². The SMILES string of the molecule is O=C(C[n+]1cccc(Br)c1)c1ccc(Br)cc1. The highest BCUT2D eigenvalue weighted by molar-refractivity contribution is 9.10. The number of carbonyl (C=O) groups is 1. The molecule has 0 radical (unpaired) electrons. The maximum absolute atomic E-state index is 12.0. The first-order chi connectivity index (χ1) is 8.15. The molecule has 0 amide bonds. The summed E-state index contributed by atoms with van der Waals surface area (Å²) in [6.07, 6.45) is 3.76. The van der Waals surface area contributed by atoms with Crippen molar-refractivity contribution in [3.8, 4) is 0 Å². The van der Waals surface area contributed by atoms with Crippen LogP contribution < -0.4 is 4.57 Å². The van der Waals surface area contributed by atoms with Crippen LogP contribution in [0.25, 0.3) is 0 Å². The highest BCUT2D eigenvalue weighted by Gasteiger charge is 2.11. The van der Waals surface area contributed by atoms with Gasteiger partial charge in [0.25, 0.3) is 0 Å². The van der Waals surface area contributed by atoms with Gasteiger partial charge in [0.1, 0.15) is 0 Å². The van der Waals surface area contributed by atoms with Gasteiger partial charge in [0.05, 0.1) is 4.47 Å². The minimum Gasteiger partial charge on any atom is -0.287 e. The largest absolute Gasteiger partial charge is 0.287 e. The fourth-order valence-corrected chi connectivity index (χ4v) is 2.16. The average Bonchev–Trinajstić information content (AvgIpc) is 2.29. The van der Waals surface area contributed by atoms with E-state index in [0.29, 0.717) is 6.54 Å². The van der Waals surface area contributed by atoms with E-state index in [9.17, 15) is 4.79 Å². The molecule has 0 bridgehead atoms. The third kappa shape index (κ3) is 3.48. The summed E-state index contributed by atoms with van der Waals surface area (Å²) >= 11 is 6.73. The Morgan fingerprint density at radius 1 is 1.06 bits per heavy atom. The van der Waals surface area contributed by atoms with E-state index in [0.717, 1.165) is 14.5 Å². The zero-order valence-electron chi connectivity index (χ0n) is 8.94. The number of benzene rings is 1. The lowest BCUT2D eigenvalue weighted by Crippen LogP contribution is -2.37. The lowest BCUT2D eigenvalue weighted by molar-refractivity contribution is -0.683. The fraction of sp³-hybridized carbons (Fsp3) is 0.0769. The van der Waals surface area contributed by atoms with Crippen LogP contribution in [0, 0.1) is 0 Å². The molecule has 86 valence electrons. The maximum Gasteiger partial charge on any atom is 0.227 e. The number of pyridine rings is 1. The van der Waals surface area contributed by atoms with Crippen molar-refractivity contribution in [1.29, 1.82) is 0 Å². The smallest absolute Gasteiger partial charge is 0.227 e. The molecule has 1 aromatic carbocycles. The van der Waals surface area contributed by atoms with Gasteiger partial charge < -0.3 is 0 Å². The summed E-state index contributed by atoms with van der Waals surface area (Å²) in [5, 5.41) is 0. The molecule has 0 aliphatic rings. The standard InChI is InChI=1S/C13H10Br2NO/c14-11-5-3-10(4-6-11)13(17)9-16-7-1-2-12(15)8-16/h1-8H,9H2/q+1. The Morgan fingerprint density at radius 3 is 2.41 bits per heavy atom. The van der Waals surface area contributed by atoms with Gasteiger partial charge >= 0.3 is 0 Å². The number of rotatable bonds is 3. The summed E-state index contributed by atoms with van der Waals surface area (Å²) in [5.41, 5.74) is 0.723. The zero-order valence-corrected chi connectivity index (χ0v) is 12.1. The molecule has 0 spiro atoms. The number of ketones is 1.